The first-order valence-corrected chi connectivity index (χ1v) is 7.89. The molecule has 0 amide bonds. The number of aryl methyl sites for hydroxylation is 1. The van der Waals surface area contributed by atoms with Crippen LogP contribution in [0.4, 0.5) is 5.69 Å². The van der Waals surface area contributed by atoms with Crippen LogP contribution in [0.1, 0.15) is 18.1 Å². The third-order valence-corrected chi connectivity index (χ3v) is 3.74. The molecule has 2 heteroatoms. The van der Waals surface area contributed by atoms with Gasteiger partial charge in [0.05, 0.1) is 0 Å². The van der Waals surface area contributed by atoms with E-state index in [2.05, 4.69) is 85.2 Å². The molecule has 2 aromatic rings. The summed E-state index contributed by atoms with van der Waals surface area (Å²) in [6.07, 6.45) is 1.96. The van der Waals surface area contributed by atoms with Gasteiger partial charge in [-0.15, -0.1) is 6.58 Å². The number of nitrogens with one attached hydrogen (secondary N) is 1. The van der Waals surface area contributed by atoms with Gasteiger partial charge < -0.3 is 10.2 Å². The summed E-state index contributed by atoms with van der Waals surface area (Å²) in [5.74, 6) is 0. The SMILES string of the molecule is C=CCN(CC(C)NCc1ccc(C)cc1)c1ccccc1. The summed E-state index contributed by atoms with van der Waals surface area (Å²) >= 11 is 0. The van der Waals surface area contributed by atoms with Crippen molar-refractivity contribution >= 4 is 5.69 Å². The highest BCUT2D eigenvalue weighted by molar-refractivity contribution is 5.46. The molecule has 0 aliphatic heterocycles. The molecule has 0 fully saturated rings. The predicted octanol–water partition coefficient (Wildman–Crippen LogP) is 4.17. The Balaban J connectivity index is 1.89. The van der Waals surface area contributed by atoms with Crippen LogP contribution in [0.25, 0.3) is 0 Å². The number of rotatable bonds is 8. The van der Waals surface area contributed by atoms with E-state index in [1.54, 1.807) is 0 Å². The van der Waals surface area contributed by atoms with E-state index in [1.807, 2.05) is 6.08 Å². The fraction of sp³-hybridized carbons (Fsp3) is 0.300. The first-order chi connectivity index (χ1) is 10.7. The van der Waals surface area contributed by atoms with Crippen molar-refractivity contribution in [2.45, 2.75) is 26.4 Å². The Hall–Kier alpha value is -2.06. The molecule has 0 aliphatic rings. The van der Waals surface area contributed by atoms with Gasteiger partial charge in [-0.3, -0.25) is 0 Å². The maximum atomic E-state index is 3.87. The first kappa shape index (κ1) is 16.3. The van der Waals surface area contributed by atoms with E-state index in [-0.39, 0.29) is 0 Å². The third kappa shape index (κ3) is 5.05. The summed E-state index contributed by atoms with van der Waals surface area (Å²) in [6, 6.07) is 19.6. The van der Waals surface area contributed by atoms with E-state index in [1.165, 1.54) is 16.8 Å². The zero-order valence-electron chi connectivity index (χ0n) is 13.6. The molecule has 0 heterocycles. The summed E-state index contributed by atoms with van der Waals surface area (Å²) < 4.78 is 0. The highest BCUT2D eigenvalue weighted by Gasteiger charge is 2.09. The summed E-state index contributed by atoms with van der Waals surface area (Å²) in [7, 11) is 0. The number of nitrogens with zero attached hydrogens (tertiary/aromatic N) is 1. The largest absolute Gasteiger partial charge is 0.366 e. The van der Waals surface area contributed by atoms with Crippen molar-refractivity contribution in [1.29, 1.82) is 0 Å². The normalized spacial score (nSPS) is 11.9. The van der Waals surface area contributed by atoms with Crippen LogP contribution in [0.3, 0.4) is 0 Å². The van der Waals surface area contributed by atoms with Gasteiger partial charge >= 0.3 is 0 Å². The molecule has 0 saturated carbocycles. The van der Waals surface area contributed by atoms with Crippen molar-refractivity contribution < 1.29 is 0 Å². The van der Waals surface area contributed by atoms with E-state index >= 15 is 0 Å². The molecule has 0 spiro atoms. The lowest BCUT2D eigenvalue weighted by Gasteiger charge is -2.27. The Labute approximate surface area is 134 Å². The molecule has 2 aromatic carbocycles. The van der Waals surface area contributed by atoms with Gasteiger partial charge in [0.25, 0.3) is 0 Å². The summed E-state index contributed by atoms with van der Waals surface area (Å²) in [4.78, 5) is 2.35. The summed E-state index contributed by atoms with van der Waals surface area (Å²) in [5, 5.41) is 3.60. The molecule has 0 radical (unpaired) electrons. The van der Waals surface area contributed by atoms with Crippen LogP contribution in [0.5, 0.6) is 0 Å². The molecule has 2 nitrogen and oxygen atoms in total. The lowest BCUT2D eigenvalue weighted by Crippen LogP contribution is -2.39. The topological polar surface area (TPSA) is 15.3 Å². The van der Waals surface area contributed by atoms with E-state index in [9.17, 15) is 0 Å². The van der Waals surface area contributed by atoms with Gasteiger partial charge in [0, 0.05) is 31.4 Å². The van der Waals surface area contributed by atoms with E-state index < -0.39 is 0 Å². The molecule has 22 heavy (non-hydrogen) atoms. The van der Waals surface area contributed by atoms with Gasteiger partial charge in [-0.05, 0) is 31.5 Å². The maximum Gasteiger partial charge on any atom is 0.0369 e. The van der Waals surface area contributed by atoms with Crippen molar-refractivity contribution in [3.63, 3.8) is 0 Å². The highest BCUT2D eigenvalue weighted by Crippen LogP contribution is 2.13. The molecule has 116 valence electrons. The zero-order chi connectivity index (χ0) is 15.8. The van der Waals surface area contributed by atoms with E-state index in [4.69, 9.17) is 0 Å². The zero-order valence-corrected chi connectivity index (χ0v) is 13.6. The maximum absolute atomic E-state index is 3.87. The minimum absolute atomic E-state index is 0.404. The van der Waals surface area contributed by atoms with Gasteiger partial charge in [0.1, 0.15) is 0 Å². The van der Waals surface area contributed by atoms with Crippen molar-refractivity contribution in [2.75, 3.05) is 18.0 Å². The second-order valence-corrected chi connectivity index (χ2v) is 5.80. The smallest absolute Gasteiger partial charge is 0.0369 e. The van der Waals surface area contributed by atoms with Gasteiger partial charge in [-0.25, -0.2) is 0 Å². The number of para-hydroxylation sites is 1. The highest BCUT2D eigenvalue weighted by atomic mass is 15.1. The monoisotopic (exact) mass is 294 g/mol. The Morgan fingerprint density at radius 1 is 1.09 bits per heavy atom. The van der Waals surface area contributed by atoms with Crippen LogP contribution >= 0.6 is 0 Å². The molecule has 0 aliphatic carbocycles. The molecule has 1 unspecified atom stereocenters. The van der Waals surface area contributed by atoms with E-state index in [0.717, 1.165) is 19.6 Å². The second-order valence-electron chi connectivity index (χ2n) is 5.80. The molecule has 1 atom stereocenters. The minimum Gasteiger partial charge on any atom is -0.366 e. The van der Waals surface area contributed by atoms with Gasteiger partial charge in [-0.2, -0.15) is 0 Å². The van der Waals surface area contributed by atoms with Crippen LogP contribution in [0.15, 0.2) is 67.3 Å². The minimum atomic E-state index is 0.404. The van der Waals surface area contributed by atoms with Gasteiger partial charge in [-0.1, -0.05) is 54.1 Å². The molecule has 2 rings (SSSR count). The molecule has 0 saturated heterocycles. The quantitative estimate of drug-likeness (QED) is 0.735. The fourth-order valence-electron chi connectivity index (χ4n) is 2.47. The van der Waals surface area contributed by atoms with Crippen LogP contribution in [0.2, 0.25) is 0 Å². The Kier molecular flexibility index (Phi) is 6.23. The van der Waals surface area contributed by atoms with Crippen molar-refractivity contribution in [3.8, 4) is 0 Å². The Morgan fingerprint density at radius 3 is 2.41 bits per heavy atom. The average Bonchev–Trinajstić information content (AvgIpc) is 2.55. The van der Waals surface area contributed by atoms with Crippen LogP contribution in [-0.2, 0) is 6.54 Å². The number of benzene rings is 2. The lowest BCUT2D eigenvalue weighted by atomic mass is 10.1. The van der Waals surface area contributed by atoms with Crippen molar-refractivity contribution in [1.82, 2.24) is 5.32 Å². The van der Waals surface area contributed by atoms with Crippen LogP contribution in [-0.4, -0.2) is 19.1 Å². The van der Waals surface area contributed by atoms with Crippen LogP contribution in [0, 0.1) is 6.92 Å². The Bertz CT molecular complexity index is 560. The van der Waals surface area contributed by atoms with Gasteiger partial charge in [0.2, 0.25) is 0 Å². The van der Waals surface area contributed by atoms with Gasteiger partial charge in [0.15, 0.2) is 0 Å². The Morgan fingerprint density at radius 2 is 1.77 bits per heavy atom. The first-order valence-electron chi connectivity index (χ1n) is 7.89. The molecule has 0 aromatic heterocycles. The standard InChI is InChI=1S/C20H26N2/c1-4-14-22(20-8-6-5-7-9-20)16-18(3)21-15-19-12-10-17(2)11-13-19/h4-13,18,21H,1,14-16H2,2-3H3. The number of hydrogen-bond donors (Lipinski definition) is 1. The average molecular weight is 294 g/mol. The molecule has 0 bridgehead atoms. The lowest BCUT2D eigenvalue weighted by molar-refractivity contribution is 0.541. The molecule has 1 N–H and O–H groups in total. The second kappa shape index (κ2) is 8.40. The third-order valence-electron chi connectivity index (χ3n) is 3.74. The molecular weight excluding hydrogens is 268 g/mol. The van der Waals surface area contributed by atoms with Crippen molar-refractivity contribution in [3.05, 3.63) is 78.4 Å². The fourth-order valence-corrected chi connectivity index (χ4v) is 2.47. The number of hydrogen-bond acceptors (Lipinski definition) is 2. The summed E-state index contributed by atoms with van der Waals surface area (Å²) in [6.45, 7) is 10.9. The van der Waals surface area contributed by atoms with Crippen molar-refractivity contribution in [2.24, 2.45) is 0 Å². The predicted molar refractivity (Wildman–Crippen MR) is 96.3 cm³/mol. The molecular formula is C20H26N2. The summed E-state index contributed by atoms with van der Waals surface area (Å²) in [5.41, 5.74) is 3.87. The number of anilines is 1. The van der Waals surface area contributed by atoms with Crippen LogP contribution < -0.4 is 10.2 Å². The van der Waals surface area contributed by atoms with E-state index in [0.29, 0.717) is 6.04 Å².